The van der Waals surface area contributed by atoms with Crippen molar-refractivity contribution in [2.75, 3.05) is 39.5 Å². The second-order valence-electron chi connectivity index (χ2n) is 6.39. The number of ether oxygens (including phenoxy) is 4. The molecule has 0 aromatic heterocycles. The van der Waals surface area contributed by atoms with Gasteiger partial charge in [0.25, 0.3) is 5.91 Å². The number of carbonyl (C=O) groups excluding carboxylic acids is 1. The van der Waals surface area contributed by atoms with Gasteiger partial charge in [-0.3, -0.25) is 4.79 Å². The van der Waals surface area contributed by atoms with Gasteiger partial charge >= 0.3 is 0 Å². The molecule has 3 aliphatic rings. The molecule has 0 saturated carbocycles. The fourth-order valence-corrected chi connectivity index (χ4v) is 2.52. The van der Waals surface area contributed by atoms with E-state index in [0.29, 0.717) is 31.0 Å². The maximum Gasteiger partial charge on any atom is 0.257 e. The summed E-state index contributed by atoms with van der Waals surface area (Å²) in [6.07, 6.45) is 0.481. The van der Waals surface area contributed by atoms with Gasteiger partial charge in [0.1, 0.15) is 18.5 Å². The highest BCUT2D eigenvalue weighted by atomic mass is 16.6. The van der Waals surface area contributed by atoms with Crippen LogP contribution in [0.1, 0.15) is 15.9 Å². The zero-order chi connectivity index (χ0) is 15.8. The summed E-state index contributed by atoms with van der Waals surface area (Å²) in [6, 6.07) is 5.69. The van der Waals surface area contributed by atoms with E-state index in [1.165, 1.54) is 0 Å². The van der Waals surface area contributed by atoms with E-state index in [-0.39, 0.29) is 24.2 Å². The Bertz CT molecular complexity index is 579. The van der Waals surface area contributed by atoms with Gasteiger partial charge in [-0.2, -0.15) is 0 Å². The van der Waals surface area contributed by atoms with Crippen LogP contribution in [0, 0.1) is 6.92 Å². The number of hydrogen-bond donors (Lipinski definition) is 0. The lowest BCUT2D eigenvalue weighted by Crippen LogP contribution is -2.37. The molecule has 0 bridgehead atoms. The van der Waals surface area contributed by atoms with Gasteiger partial charge in [-0.15, -0.1) is 0 Å². The van der Waals surface area contributed by atoms with E-state index in [4.69, 9.17) is 18.9 Å². The molecule has 4 rings (SSSR count). The Balaban J connectivity index is 1.51. The molecule has 3 aliphatic heterocycles. The van der Waals surface area contributed by atoms with E-state index in [2.05, 4.69) is 0 Å². The predicted molar refractivity (Wildman–Crippen MR) is 81.8 cm³/mol. The van der Waals surface area contributed by atoms with Gasteiger partial charge in [0.2, 0.25) is 0 Å². The third-order valence-electron chi connectivity index (χ3n) is 4.13. The Labute approximate surface area is 135 Å². The van der Waals surface area contributed by atoms with Gasteiger partial charge in [-0.25, -0.2) is 0 Å². The molecule has 1 amide bonds. The second kappa shape index (κ2) is 6.11. The summed E-state index contributed by atoms with van der Waals surface area (Å²) in [5, 5.41) is 0. The number of aryl methyl sites for hydroxylation is 1. The second-order valence-corrected chi connectivity index (χ2v) is 6.39. The quantitative estimate of drug-likeness (QED) is 0.669. The molecule has 3 atom stereocenters. The maximum atomic E-state index is 13.0. The van der Waals surface area contributed by atoms with Crippen LogP contribution in [-0.4, -0.2) is 68.6 Å². The Kier molecular flexibility index (Phi) is 3.97. The van der Waals surface area contributed by atoms with Gasteiger partial charge in [0.15, 0.2) is 0 Å². The zero-order valence-corrected chi connectivity index (χ0v) is 13.2. The summed E-state index contributed by atoms with van der Waals surface area (Å²) in [5.74, 6) is 0.603. The normalized spacial score (nSPS) is 27.4. The van der Waals surface area contributed by atoms with Crippen molar-refractivity contribution in [1.82, 2.24) is 4.90 Å². The number of epoxide rings is 3. The lowest BCUT2D eigenvalue weighted by molar-refractivity contribution is 0.0724. The van der Waals surface area contributed by atoms with E-state index < -0.39 is 0 Å². The highest BCUT2D eigenvalue weighted by Gasteiger charge is 2.34. The molecule has 3 saturated heterocycles. The number of rotatable bonds is 8. The third kappa shape index (κ3) is 4.02. The SMILES string of the molecule is Cc1ccc(C(=O)N(CC2CO2)CC2CO2)c(OCC2CO2)c1. The van der Waals surface area contributed by atoms with Crippen molar-refractivity contribution >= 4 is 5.91 Å². The first-order valence-electron chi connectivity index (χ1n) is 8.06. The van der Waals surface area contributed by atoms with Crippen molar-refractivity contribution in [2.24, 2.45) is 0 Å². The van der Waals surface area contributed by atoms with Gasteiger partial charge in [0, 0.05) is 13.1 Å². The number of nitrogens with zero attached hydrogens (tertiary/aromatic N) is 1. The molecule has 0 aliphatic carbocycles. The number of carbonyl (C=O) groups is 1. The van der Waals surface area contributed by atoms with Crippen molar-refractivity contribution in [3.63, 3.8) is 0 Å². The Morgan fingerprint density at radius 1 is 1.13 bits per heavy atom. The molecular formula is C17H21NO5. The number of amides is 1. The highest BCUT2D eigenvalue weighted by Crippen LogP contribution is 2.25. The summed E-state index contributed by atoms with van der Waals surface area (Å²) in [6.45, 7) is 5.88. The van der Waals surface area contributed by atoms with Crippen LogP contribution in [0.3, 0.4) is 0 Å². The summed E-state index contributed by atoms with van der Waals surface area (Å²) in [5.41, 5.74) is 1.66. The Morgan fingerprint density at radius 2 is 1.74 bits per heavy atom. The smallest absolute Gasteiger partial charge is 0.257 e. The first kappa shape index (κ1) is 14.9. The Morgan fingerprint density at radius 3 is 2.30 bits per heavy atom. The van der Waals surface area contributed by atoms with Crippen LogP contribution in [0.2, 0.25) is 0 Å². The first-order chi connectivity index (χ1) is 11.2. The minimum Gasteiger partial charge on any atom is -0.490 e. The van der Waals surface area contributed by atoms with Crippen LogP contribution < -0.4 is 4.74 Å². The van der Waals surface area contributed by atoms with E-state index in [1.54, 1.807) is 0 Å². The Hall–Kier alpha value is -1.63. The molecule has 0 radical (unpaired) electrons. The lowest BCUT2D eigenvalue weighted by Gasteiger charge is -2.22. The van der Waals surface area contributed by atoms with E-state index in [1.807, 2.05) is 30.0 Å². The molecule has 6 nitrogen and oxygen atoms in total. The molecule has 0 spiro atoms. The zero-order valence-electron chi connectivity index (χ0n) is 13.2. The molecule has 0 N–H and O–H groups in total. The van der Waals surface area contributed by atoms with Crippen LogP contribution in [0.5, 0.6) is 5.75 Å². The molecule has 3 unspecified atom stereocenters. The fraction of sp³-hybridized carbons (Fsp3) is 0.588. The predicted octanol–water partition coefficient (Wildman–Crippen LogP) is 1.01. The summed E-state index contributed by atoms with van der Waals surface area (Å²) >= 11 is 0. The van der Waals surface area contributed by atoms with Crippen LogP contribution in [0.25, 0.3) is 0 Å². The van der Waals surface area contributed by atoms with E-state index in [0.717, 1.165) is 25.4 Å². The van der Waals surface area contributed by atoms with E-state index >= 15 is 0 Å². The summed E-state index contributed by atoms with van der Waals surface area (Å²) in [7, 11) is 0. The third-order valence-corrected chi connectivity index (χ3v) is 4.13. The van der Waals surface area contributed by atoms with Crippen molar-refractivity contribution < 1.29 is 23.7 Å². The largest absolute Gasteiger partial charge is 0.490 e. The van der Waals surface area contributed by atoms with Crippen LogP contribution in [-0.2, 0) is 14.2 Å². The molecule has 1 aromatic rings. The minimum atomic E-state index is -0.0253. The van der Waals surface area contributed by atoms with Crippen molar-refractivity contribution in [3.05, 3.63) is 29.3 Å². The van der Waals surface area contributed by atoms with Gasteiger partial charge in [-0.05, 0) is 24.6 Å². The number of hydrogen-bond acceptors (Lipinski definition) is 5. The topological polar surface area (TPSA) is 67.1 Å². The molecule has 124 valence electrons. The maximum absolute atomic E-state index is 13.0. The molecular weight excluding hydrogens is 298 g/mol. The standard InChI is InChI=1S/C17H21NO5/c1-11-2-3-15(16(4-11)23-10-14-9-22-14)17(19)18(5-12-7-20-12)6-13-8-21-13/h2-4,12-14H,5-10H2,1H3. The van der Waals surface area contributed by atoms with Gasteiger partial charge < -0.3 is 23.8 Å². The average molecular weight is 319 g/mol. The van der Waals surface area contributed by atoms with Gasteiger partial charge in [-0.1, -0.05) is 6.07 Å². The highest BCUT2D eigenvalue weighted by molar-refractivity contribution is 5.97. The monoisotopic (exact) mass is 319 g/mol. The van der Waals surface area contributed by atoms with Gasteiger partial charge in [0.05, 0.1) is 37.6 Å². The molecule has 3 heterocycles. The van der Waals surface area contributed by atoms with Crippen LogP contribution in [0.15, 0.2) is 18.2 Å². The van der Waals surface area contributed by atoms with Crippen molar-refractivity contribution in [3.8, 4) is 5.75 Å². The van der Waals surface area contributed by atoms with Crippen LogP contribution in [0.4, 0.5) is 0 Å². The van der Waals surface area contributed by atoms with Crippen molar-refractivity contribution in [1.29, 1.82) is 0 Å². The molecule has 23 heavy (non-hydrogen) atoms. The lowest BCUT2D eigenvalue weighted by atomic mass is 10.1. The molecule has 1 aromatic carbocycles. The van der Waals surface area contributed by atoms with E-state index in [9.17, 15) is 4.79 Å². The molecule has 6 heteroatoms. The fourth-order valence-electron chi connectivity index (χ4n) is 2.52. The summed E-state index contributed by atoms with van der Waals surface area (Å²) < 4.78 is 21.6. The summed E-state index contributed by atoms with van der Waals surface area (Å²) in [4.78, 5) is 14.8. The van der Waals surface area contributed by atoms with Crippen molar-refractivity contribution in [2.45, 2.75) is 25.2 Å². The minimum absolute atomic E-state index is 0.0253. The average Bonchev–Trinajstić information content (AvgIpc) is 3.34. The molecule has 3 fully saturated rings. The first-order valence-corrected chi connectivity index (χ1v) is 8.06. The number of benzene rings is 1. The van der Waals surface area contributed by atoms with Crippen LogP contribution >= 0.6 is 0 Å².